The van der Waals surface area contributed by atoms with Gasteiger partial charge >= 0.3 is 0 Å². The molecule has 0 saturated carbocycles. The molecule has 1 aromatic rings. The number of rotatable bonds is 3. The van der Waals surface area contributed by atoms with Crippen LogP contribution in [0, 0.1) is 5.82 Å². The molecule has 1 aromatic carbocycles. The molecule has 0 bridgehead atoms. The molecule has 2 atom stereocenters. The zero-order valence-corrected chi connectivity index (χ0v) is 10.2. The Morgan fingerprint density at radius 1 is 1.36 bits per heavy atom. The van der Waals surface area contributed by atoms with E-state index in [2.05, 4.69) is 21.2 Å². The Morgan fingerprint density at radius 3 is 2.50 bits per heavy atom. The molecule has 0 aliphatic rings. The summed E-state index contributed by atoms with van der Waals surface area (Å²) in [6, 6.07) is 5.48. The van der Waals surface area contributed by atoms with Crippen molar-refractivity contribution in [1.29, 1.82) is 0 Å². The maximum Gasteiger partial charge on any atom is 0.127 e. The summed E-state index contributed by atoms with van der Waals surface area (Å²) in [5.41, 5.74) is 0.759. The Hall–Kier alpha value is -0.410. The van der Waals surface area contributed by atoms with Gasteiger partial charge in [-0.1, -0.05) is 28.9 Å². The molecule has 0 heterocycles. The molecule has 0 aliphatic heterocycles. The van der Waals surface area contributed by atoms with Gasteiger partial charge in [0.1, 0.15) is 5.82 Å². The summed E-state index contributed by atoms with van der Waals surface area (Å²) < 4.78 is 14.3. The normalized spacial score (nSPS) is 15.2. The van der Waals surface area contributed by atoms with Gasteiger partial charge in [-0.2, -0.15) is 0 Å². The van der Waals surface area contributed by atoms with Crippen molar-refractivity contribution in [3.8, 4) is 0 Å². The molecule has 1 nitrogen and oxygen atoms in total. The summed E-state index contributed by atoms with van der Waals surface area (Å²) in [5.74, 6) is 0.0297. The fourth-order valence-electron chi connectivity index (χ4n) is 1.39. The van der Waals surface area contributed by atoms with Gasteiger partial charge in [0.05, 0.1) is 0 Å². The van der Waals surface area contributed by atoms with E-state index in [1.165, 1.54) is 6.07 Å². The quantitative estimate of drug-likeness (QED) is 0.879. The molecule has 1 N–H and O–H groups in total. The van der Waals surface area contributed by atoms with Crippen molar-refractivity contribution >= 4 is 15.9 Å². The van der Waals surface area contributed by atoms with Crippen molar-refractivity contribution in [2.24, 2.45) is 0 Å². The Bertz CT molecular complexity index is 314. The molecule has 0 fully saturated rings. The van der Waals surface area contributed by atoms with Crippen LogP contribution in [0.2, 0.25) is 0 Å². The SMILES string of the molecule is CNC(C)C(C)c1ccc(Br)cc1F. The summed E-state index contributed by atoms with van der Waals surface area (Å²) >= 11 is 3.24. The lowest BCUT2D eigenvalue weighted by molar-refractivity contribution is 0.497. The number of hydrogen-bond acceptors (Lipinski definition) is 1. The standard InChI is InChI=1S/C11H15BrFN/c1-7(8(2)14-3)10-5-4-9(12)6-11(10)13/h4-8,14H,1-3H3. The molecule has 0 aromatic heterocycles. The second-order valence-electron chi connectivity index (χ2n) is 3.53. The Balaban J connectivity index is 2.95. The number of likely N-dealkylation sites (N-methyl/N-ethyl adjacent to an activating group) is 1. The van der Waals surface area contributed by atoms with Gasteiger partial charge in [-0.05, 0) is 37.6 Å². The fraction of sp³-hybridized carbons (Fsp3) is 0.455. The van der Waals surface area contributed by atoms with Gasteiger partial charge in [-0.25, -0.2) is 4.39 Å². The third kappa shape index (κ3) is 2.55. The van der Waals surface area contributed by atoms with E-state index in [4.69, 9.17) is 0 Å². The van der Waals surface area contributed by atoms with Gasteiger partial charge in [0.15, 0.2) is 0 Å². The van der Waals surface area contributed by atoms with E-state index in [1.807, 2.05) is 33.0 Å². The second kappa shape index (κ2) is 4.89. The lowest BCUT2D eigenvalue weighted by Crippen LogP contribution is -2.27. The molecule has 0 saturated heterocycles. The van der Waals surface area contributed by atoms with E-state index < -0.39 is 0 Å². The van der Waals surface area contributed by atoms with E-state index in [9.17, 15) is 4.39 Å². The number of benzene rings is 1. The molecule has 3 heteroatoms. The van der Waals surface area contributed by atoms with Gasteiger partial charge < -0.3 is 5.32 Å². The fourth-order valence-corrected chi connectivity index (χ4v) is 1.72. The predicted molar refractivity (Wildman–Crippen MR) is 61.0 cm³/mol. The van der Waals surface area contributed by atoms with Crippen LogP contribution in [0.15, 0.2) is 22.7 Å². The largest absolute Gasteiger partial charge is 0.317 e. The third-order valence-corrected chi connectivity index (χ3v) is 3.15. The topological polar surface area (TPSA) is 12.0 Å². The van der Waals surface area contributed by atoms with Gasteiger partial charge in [-0.3, -0.25) is 0 Å². The lowest BCUT2D eigenvalue weighted by Gasteiger charge is -2.20. The highest BCUT2D eigenvalue weighted by atomic mass is 79.9. The molecule has 14 heavy (non-hydrogen) atoms. The zero-order valence-electron chi connectivity index (χ0n) is 8.64. The molecule has 0 aliphatic carbocycles. The van der Waals surface area contributed by atoms with Crippen LogP contribution in [-0.4, -0.2) is 13.1 Å². The zero-order chi connectivity index (χ0) is 10.7. The summed E-state index contributed by atoms with van der Waals surface area (Å²) in [6.45, 7) is 4.07. The number of hydrogen-bond donors (Lipinski definition) is 1. The highest BCUT2D eigenvalue weighted by Crippen LogP contribution is 2.24. The minimum absolute atomic E-state index is 0.144. The van der Waals surface area contributed by atoms with Crippen molar-refractivity contribution in [2.45, 2.75) is 25.8 Å². The first kappa shape index (κ1) is 11.7. The molecule has 78 valence electrons. The van der Waals surface area contributed by atoms with Crippen LogP contribution < -0.4 is 5.32 Å². The van der Waals surface area contributed by atoms with Crippen molar-refractivity contribution < 1.29 is 4.39 Å². The van der Waals surface area contributed by atoms with Gasteiger partial charge in [-0.15, -0.1) is 0 Å². The smallest absolute Gasteiger partial charge is 0.127 e. The predicted octanol–water partition coefficient (Wildman–Crippen LogP) is 3.30. The number of halogens is 2. The molecule has 2 unspecified atom stereocenters. The van der Waals surface area contributed by atoms with E-state index in [0.717, 1.165) is 10.0 Å². The minimum atomic E-state index is -0.144. The van der Waals surface area contributed by atoms with Crippen LogP contribution in [0.4, 0.5) is 4.39 Å². The first-order chi connectivity index (χ1) is 6.56. The molecule has 0 spiro atoms. The average Bonchev–Trinajstić information content (AvgIpc) is 2.15. The highest BCUT2D eigenvalue weighted by molar-refractivity contribution is 9.10. The van der Waals surface area contributed by atoms with Gasteiger partial charge in [0, 0.05) is 10.5 Å². The molecule has 0 amide bonds. The second-order valence-corrected chi connectivity index (χ2v) is 4.45. The van der Waals surface area contributed by atoms with Crippen LogP contribution in [0.25, 0.3) is 0 Å². The summed E-state index contributed by atoms with van der Waals surface area (Å²) in [5, 5.41) is 3.13. The molecule has 0 radical (unpaired) electrons. The Labute approximate surface area is 92.8 Å². The van der Waals surface area contributed by atoms with Crippen LogP contribution in [0.3, 0.4) is 0 Å². The summed E-state index contributed by atoms with van der Waals surface area (Å²) in [7, 11) is 1.89. The van der Waals surface area contributed by atoms with E-state index in [0.29, 0.717) is 0 Å². The van der Waals surface area contributed by atoms with Crippen molar-refractivity contribution in [2.75, 3.05) is 7.05 Å². The Kier molecular flexibility index (Phi) is 4.08. The van der Waals surface area contributed by atoms with E-state index in [1.54, 1.807) is 0 Å². The monoisotopic (exact) mass is 259 g/mol. The lowest BCUT2D eigenvalue weighted by atomic mass is 9.94. The molecule has 1 rings (SSSR count). The van der Waals surface area contributed by atoms with Crippen LogP contribution in [-0.2, 0) is 0 Å². The van der Waals surface area contributed by atoms with Gasteiger partial charge in [0.25, 0.3) is 0 Å². The maximum absolute atomic E-state index is 13.5. The van der Waals surface area contributed by atoms with E-state index in [-0.39, 0.29) is 17.8 Å². The summed E-state index contributed by atoms with van der Waals surface area (Å²) in [4.78, 5) is 0. The van der Waals surface area contributed by atoms with Gasteiger partial charge in [0.2, 0.25) is 0 Å². The third-order valence-electron chi connectivity index (χ3n) is 2.66. The number of nitrogens with one attached hydrogen (secondary N) is 1. The van der Waals surface area contributed by atoms with Crippen LogP contribution >= 0.6 is 15.9 Å². The maximum atomic E-state index is 13.5. The van der Waals surface area contributed by atoms with Crippen LogP contribution in [0.1, 0.15) is 25.3 Å². The van der Waals surface area contributed by atoms with Crippen molar-refractivity contribution in [3.05, 3.63) is 34.1 Å². The van der Waals surface area contributed by atoms with E-state index >= 15 is 0 Å². The minimum Gasteiger partial charge on any atom is -0.317 e. The average molecular weight is 260 g/mol. The Morgan fingerprint density at radius 2 is 2.00 bits per heavy atom. The molecular weight excluding hydrogens is 245 g/mol. The first-order valence-corrected chi connectivity index (χ1v) is 5.47. The van der Waals surface area contributed by atoms with Crippen molar-refractivity contribution in [1.82, 2.24) is 5.32 Å². The summed E-state index contributed by atoms with van der Waals surface area (Å²) in [6.07, 6.45) is 0. The van der Waals surface area contributed by atoms with Crippen molar-refractivity contribution in [3.63, 3.8) is 0 Å². The molecular formula is C11H15BrFN. The highest BCUT2D eigenvalue weighted by Gasteiger charge is 2.16. The van der Waals surface area contributed by atoms with Crippen LogP contribution in [0.5, 0.6) is 0 Å². The first-order valence-electron chi connectivity index (χ1n) is 4.68.